The van der Waals surface area contributed by atoms with Crippen molar-refractivity contribution in [2.24, 2.45) is 4.99 Å². The number of nitrogens with zero attached hydrogens (tertiary/aromatic N) is 3. The number of benzene rings is 2. The molecule has 0 saturated carbocycles. The Balaban J connectivity index is 0.00000156. The minimum atomic E-state index is -0.531. The van der Waals surface area contributed by atoms with Gasteiger partial charge < -0.3 is 27.3 Å². The summed E-state index contributed by atoms with van der Waals surface area (Å²) in [6, 6.07) is 16.4. The third-order valence-electron chi connectivity index (χ3n) is 4.34. The first-order valence-corrected chi connectivity index (χ1v) is 7.67. The summed E-state index contributed by atoms with van der Waals surface area (Å²) in [4.78, 5) is 8.98. The van der Waals surface area contributed by atoms with Crippen molar-refractivity contribution in [3.8, 4) is 0 Å². The highest BCUT2D eigenvalue weighted by atomic mass is 35.5. The summed E-state index contributed by atoms with van der Waals surface area (Å²) in [5.41, 5.74) is 4.47. The Morgan fingerprint density at radius 3 is 2.52 bits per heavy atom. The van der Waals surface area contributed by atoms with Gasteiger partial charge in [0.05, 0.1) is 30.6 Å². The number of rotatable bonds is 3. The van der Waals surface area contributed by atoms with E-state index in [1.165, 1.54) is 11.3 Å². The van der Waals surface area contributed by atoms with E-state index in [0.717, 1.165) is 30.3 Å². The molecule has 0 aromatic heterocycles. The van der Waals surface area contributed by atoms with Gasteiger partial charge in [-0.25, -0.2) is 0 Å². The molecule has 23 heavy (non-hydrogen) atoms. The summed E-state index contributed by atoms with van der Waals surface area (Å²) in [5, 5.41) is 10.6. The molecule has 4 rings (SSSR count). The van der Waals surface area contributed by atoms with Gasteiger partial charge in [0.2, 0.25) is 5.96 Å². The number of aliphatic hydroxyl groups is 1. The number of aliphatic imine (C=N–C) groups is 1. The fraction of sp³-hybridized carbons (Fsp3) is 0.278. The maximum absolute atomic E-state index is 10.6. The quantitative estimate of drug-likeness (QED) is 0.843. The highest BCUT2D eigenvalue weighted by molar-refractivity contribution is 6.17. The number of aryl methyl sites for hydroxylation is 1. The molecule has 2 aromatic carbocycles. The highest BCUT2D eigenvalue weighted by Gasteiger charge is 2.35. The van der Waals surface area contributed by atoms with Gasteiger partial charge in [0.1, 0.15) is 0 Å². The summed E-state index contributed by atoms with van der Waals surface area (Å²) in [5.74, 6) is 0.965. The van der Waals surface area contributed by atoms with Crippen molar-refractivity contribution in [1.82, 2.24) is 0 Å². The van der Waals surface area contributed by atoms with Gasteiger partial charge >= 0.3 is 0 Å². The molecule has 0 radical (unpaired) electrons. The second-order valence-corrected chi connectivity index (χ2v) is 5.86. The Morgan fingerprint density at radius 1 is 1.09 bits per heavy atom. The van der Waals surface area contributed by atoms with E-state index >= 15 is 0 Å². The second kappa shape index (κ2) is 6.22. The van der Waals surface area contributed by atoms with Gasteiger partial charge in [0.15, 0.2) is 0 Å². The van der Waals surface area contributed by atoms with Crippen molar-refractivity contribution in [1.29, 1.82) is 0 Å². The molecule has 120 valence electrons. The predicted octanol–water partition coefficient (Wildman–Crippen LogP) is -0.271. The van der Waals surface area contributed by atoms with Crippen LogP contribution in [0.5, 0.6) is 0 Å². The Bertz CT molecular complexity index is 729. The third-order valence-corrected chi connectivity index (χ3v) is 4.34. The van der Waals surface area contributed by atoms with Gasteiger partial charge in [0, 0.05) is 6.54 Å². The van der Waals surface area contributed by atoms with Crippen LogP contribution < -0.4 is 22.2 Å². The number of guanidine groups is 1. The molecule has 0 saturated heterocycles. The zero-order valence-electron chi connectivity index (χ0n) is 13.0. The first-order chi connectivity index (χ1) is 10.7. The molecule has 0 spiro atoms. The number of halogens is 1. The zero-order chi connectivity index (χ0) is 15.1. The number of fused-ring (bicyclic) bond motifs is 3. The normalized spacial score (nSPS) is 16.5. The van der Waals surface area contributed by atoms with Crippen molar-refractivity contribution < 1.29 is 17.5 Å². The molecule has 0 aliphatic carbocycles. The lowest BCUT2D eigenvalue weighted by Gasteiger charge is -2.23. The van der Waals surface area contributed by atoms with Gasteiger partial charge in [-0.05, 0) is 24.6 Å². The second-order valence-electron chi connectivity index (χ2n) is 5.86. The average Bonchev–Trinajstić information content (AvgIpc) is 3.11. The van der Waals surface area contributed by atoms with E-state index in [4.69, 9.17) is 0 Å². The van der Waals surface area contributed by atoms with Crippen LogP contribution in [0.15, 0.2) is 53.5 Å². The lowest BCUT2D eigenvalue weighted by atomic mass is 10.1. The van der Waals surface area contributed by atoms with Crippen LogP contribution in [0.1, 0.15) is 17.2 Å². The average molecular weight is 329 g/mol. The molecule has 2 aromatic rings. The van der Waals surface area contributed by atoms with E-state index in [-0.39, 0.29) is 12.4 Å². The Hall–Kier alpha value is -2.04. The van der Waals surface area contributed by atoms with Gasteiger partial charge in [-0.3, -0.25) is 4.99 Å². The minimum absolute atomic E-state index is 0. The zero-order valence-corrected chi connectivity index (χ0v) is 13.7. The monoisotopic (exact) mass is 328 g/mol. The standard InChI is InChI=1S/C18H19N3O.ClH/c1-13-6-8-14(9-7-13)17(22)12-21-16-5-3-2-4-15(16)20-11-10-19-18(20)21;/h2-9,17,22H,10-12H2,1H3;1H/p-1. The first kappa shape index (κ1) is 15.8. The molecule has 1 atom stereocenters. The summed E-state index contributed by atoms with van der Waals surface area (Å²) in [6.45, 7) is 4.32. The smallest absolute Gasteiger partial charge is 0.206 e. The Labute approximate surface area is 142 Å². The number of hydrogen-bond donors (Lipinski definition) is 1. The van der Waals surface area contributed by atoms with Crippen LogP contribution in [0, 0.1) is 6.92 Å². The Kier molecular flexibility index (Phi) is 4.28. The molecule has 1 N–H and O–H groups in total. The molecule has 5 heteroatoms. The van der Waals surface area contributed by atoms with Crippen LogP contribution in [0.3, 0.4) is 0 Å². The maximum Gasteiger partial charge on any atom is 0.206 e. The fourth-order valence-corrected chi connectivity index (χ4v) is 3.17. The van der Waals surface area contributed by atoms with E-state index < -0.39 is 6.10 Å². The van der Waals surface area contributed by atoms with Crippen LogP contribution in [0.4, 0.5) is 11.4 Å². The topological polar surface area (TPSA) is 39.1 Å². The molecule has 2 heterocycles. The number of β-amino-alcohol motifs (C(OH)–C–C–N with tert-alkyl or cyclic N) is 1. The molecule has 0 fully saturated rings. The van der Waals surface area contributed by atoms with Crippen molar-refractivity contribution in [2.75, 3.05) is 29.4 Å². The molecule has 1 unspecified atom stereocenters. The number of anilines is 2. The number of aliphatic hydroxyl groups excluding tert-OH is 1. The van der Waals surface area contributed by atoms with E-state index in [0.29, 0.717) is 6.54 Å². The molecule has 0 amide bonds. The summed E-state index contributed by atoms with van der Waals surface area (Å²) in [7, 11) is 0. The van der Waals surface area contributed by atoms with Crippen LogP contribution in [0.25, 0.3) is 0 Å². The molecule has 2 aliphatic heterocycles. The van der Waals surface area contributed by atoms with Crippen molar-refractivity contribution in [3.63, 3.8) is 0 Å². The number of hydrogen-bond acceptors (Lipinski definition) is 4. The largest absolute Gasteiger partial charge is 1.00 e. The lowest BCUT2D eigenvalue weighted by Crippen LogP contribution is -3.00. The van der Waals surface area contributed by atoms with Crippen molar-refractivity contribution >= 4 is 17.3 Å². The van der Waals surface area contributed by atoms with E-state index in [2.05, 4.69) is 39.9 Å². The highest BCUT2D eigenvalue weighted by Crippen LogP contribution is 2.39. The molecular formula is C18H19ClN3O-. The van der Waals surface area contributed by atoms with E-state index in [1.807, 2.05) is 30.3 Å². The predicted molar refractivity (Wildman–Crippen MR) is 89.6 cm³/mol. The van der Waals surface area contributed by atoms with E-state index in [9.17, 15) is 5.11 Å². The van der Waals surface area contributed by atoms with E-state index in [1.54, 1.807) is 0 Å². The van der Waals surface area contributed by atoms with Gasteiger partial charge in [-0.2, -0.15) is 0 Å². The molecule has 2 aliphatic rings. The summed E-state index contributed by atoms with van der Waals surface area (Å²) in [6.07, 6.45) is -0.531. The number of para-hydroxylation sites is 2. The van der Waals surface area contributed by atoms with Gasteiger partial charge in [0.25, 0.3) is 0 Å². The summed E-state index contributed by atoms with van der Waals surface area (Å²) < 4.78 is 0. The molecule has 4 nitrogen and oxygen atoms in total. The van der Waals surface area contributed by atoms with Gasteiger partial charge in [-0.1, -0.05) is 42.0 Å². The SMILES string of the molecule is Cc1ccc(C(O)CN2C3=NCCN3c3ccccc32)cc1.[Cl-]. The fourth-order valence-electron chi connectivity index (χ4n) is 3.17. The van der Waals surface area contributed by atoms with Gasteiger partial charge in [-0.15, -0.1) is 0 Å². The minimum Gasteiger partial charge on any atom is -1.00 e. The molecular weight excluding hydrogens is 310 g/mol. The van der Waals surface area contributed by atoms with Crippen molar-refractivity contribution in [2.45, 2.75) is 13.0 Å². The lowest BCUT2D eigenvalue weighted by molar-refractivity contribution is -0.00000606. The molecule has 0 bridgehead atoms. The first-order valence-electron chi connectivity index (χ1n) is 7.67. The maximum atomic E-state index is 10.6. The van der Waals surface area contributed by atoms with Crippen LogP contribution >= 0.6 is 0 Å². The van der Waals surface area contributed by atoms with Crippen LogP contribution in [0.2, 0.25) is 0 Å². The van der Waals surface area contributed by atoms with Crippen LogP contribution in [-0.2, 0) is 0 Å². The Morgan fingerprint density at radius 2 is 1.78 bits per heavy atom. The third kappa shape index (κ3) is 2.69. The summed E-state index contributed by atoms with van der Waals surface area (Å²) >= 11 is 0. The van der Waals surface area contributed by atoms with Crippen LogP contribution in [-0.4, -0.2) is 30.7 Å². The van der Waals surface area contributed by atoms with Crippen molar-refractivity contribution in [3.05, 3.63) is 59.7 Å².